The quantitative estimate of drug-likeness (QED) is 0.472. The molecule has 2 heteroatoms. The van der Waals surface area contributed by atoms with Crippen LogP contribution in [0.15, 0.2) is 0 Å². The number of nitrogens with zero attached hydrogens (tertiary/aromatic N) is 2. The van der Waals surface area contributed by atoms with Gasteiger partial charge in [-0.05, 0) is 25.3 Å². The van der Waals surface area contributed by atoms with Crippen LogP contribution in [0.2, 0.25) is 0 Å². The Labute approximate surface area is 62.6 Å². The third-order valence-corrected chi connectivity index (χ3v) is 2.81. The SMILES string of the molecule is CN1CC2(CC[N]CC2)C1. The van der Waals surface area contributed by atoms with Crippen LogP contribution >= 0.6 is 0 Å². The highest BCUT2D eigenvalue weighted by Crippen LogP contribution is 2.37. The fraction of sp³-hybridized carbons (Fsp3) is 1.00. The molecule has 0 aliphatic carbocycles. The van der Waals surface area contributed by atoms with Crippen molar-refractivity contribution in [1.29, 1.82) is 0 Å². The number of piperidine rings is 1. The van der Waals surface area contributed by atoms with Gasteiger partial charge in [0.05, 0.1) is 0 Å². The monoisotopic (exact) mass is 139 g/mol. The van der Waals surface area contributed by atoms with E-state index < -0.39 is 0 Å². The van der Waals surface area contributed by atoms with Crippen LogP contribution in [0.4, 0.5) is 0 Å². The van der Waals surface area contributed by atoms with Gasteiger partial charge < -0.3 is 4.90 Å². The number of likely N-dealkylation sites (tertiary alicyclic amines) is 1. The Hall–Kier alpha value is -0.0800. The summed E-state index contributed by atoms with van der Waals surface area (Å²) in [6.07, 6.45) is 2.69. The summed E-state index contributed by atoms with van der Waals surface area (Å²) in [7, 11) is 2.21. The van der Waals surface area contributed by atoms with E-state index in [1.807, 2.05) is 0 Å². The summed E-state index contributed by atoms with van der Waals surface area (Å²) in [5.74, 6) is 0. The molecule has 0 amide bonds. The molecule has 1 radical (unpaired) electrons. The average molecular weight is 139 g/mol. The van der Waals surface area contributed by atoms with Crippen LogP contribution in [0.5, 0.6) is 0 Å². The number of hydrogen-bond acceptors (Lipinski definition) is 1. The molecule has 0 aromatic rings. The molecule has 57 valence electrons. The molecule has 2 fully saturated rings. The van der Waals surface area contributed by atoms with Gasteiger partial charge in [-0.1, -0.05) is 0 Å². The second-order valence-electron chi connectivity index (χ2n) is 3.84. The second kappa shape index (κ2) is 2.21. The highest BCUT2D eigenvalue weighted by molar-refractivity contribution is 4.95. The van der Waals surface area contributed by atoms with E-state index in [1.165, 1.54) is 25.9 Å². The lowest BCUT2D eigenvalue weighted by atomic mass is 9.73. The largest absolute Gasteiger partial charge is 0.305 e. The van der Waals surface area contributed by atoms with Crippen molar-refractivity contribution in [3.05, 3.63) is 0 Å². The lowest BCUT2D eigenvalue weighted by Crippen LogP contribution is -2.57. The average Bonchev–Trinajstić information content (AvgIpc) is 1.87. The first-order valence-electron chi connectivity index (χ1n) is 4.13. The van der Waals surface area contributed by atoms with Crippen molar-refractivity contribution in [1.82, 2.24) is 10.2 Å². The maximum atomic E-state index is 4.36. The lowest BCUT2D eigenvalue weighted by molar-refractivity contribution is -0.00436. The number of hydrogen-bond donors (Lipinski definition) is 0. The van der Waals surface area contributed by atoms with Gasteiger partial charge in [-0.2, -0.15) is 0 Å². The van der Waals surface area contributed by atoms with Gasteiger partial charge in [0.25, 0.3) is 0 Å². The molecule has 2 heterocycles. The second-order valence-corrected chi connectivity index (χ2v) is 3.84. The first-order chi connectivity index (χ1) is 4.81. The van der Waals surface area contributed by atoms with Gasteiger partial charge in [0.2, 0.25) is 0 Å². The van der Waals surface area contributed by atoms with Crippen LogP contribution in [0.1, 0.15) is 12.8 Å². The van der Waals surface area contributed by atoms with Gasteiger partial charge in [0.15, 0.2) is 0 Å². The van der Waals surface area contributed by atoms with Crippen LogP contribution < -0.4 is 5.32 Å². The number of rotatable bonds is 0. The molecule has 2 aliphatic heterocycles. The molecule has 10 heavy (non-hydrogen) atoms. The van der Waals surface area contributed by atoms with E-state index >= 15 is 0 Å². The van der Waals surface area contributed by atoms with Gasteiger partial charge in [0.1, 0.15) is 0 Å². The van der Waals surface area contributed by atoms with Crippen molar-refractivity contribution in [3.63, 3.8) is 0 Å². The molecule has 0 atom stereocenters. The zero-order valence-electron chi connectivity index (χ0n) is 6.64. The molecule has 2 nitrogen and oxygen atoms in total. The summed E-state index contributed by atoms with van der Waals surface area (Å²) < 4.78 is 0. The molecule has 0 bridgehead atoms. The predicted molar refractivity (Wildman–Crippen MR) is 41.0 cm³/mol. The zero-order valence-corrected chi connectivity index (χ0v) is 6.64. The highest BCUT2D eigenvalue weighted by atomic mass is 15.2. The lowest BCUT2D eigenvalue weighted by Gasteiger charge is -2.50. The molecule has 0 aromatic carbocycles. The molecule has 0 saturated carbocycles. The van der Waals surface area contributed by atoms with Crippen molar-refractivity contribution in [2.45, 2.75) is 12.8 Å². The van der Waals surface area contributed by atoms with Gasteiger partial charge >= 0.3 is 0 Å². The normalized spacial score (nSPS) is 32.1. The minimum atomic E-state index is 0.705. The van der Waals surface area contributed by atoms with Crippen LogP contribution in [0.3, 0.4) is 0 Å². The van der Waals surface area contributed by atoms with E-state index in [9.17, 15) is 0 Å². The molecule has 2 rings (SSSR count). The summed E-state index contributed by atoms with van der Waals surface area (Å²) in [5.41, 5.74) is 0.705. The fourth-order valence-corrected chi connectivity index (χ4v) is 2.28. The Balaban J connectivity index is 1.90. The van der Waals surface area contributed by atoms with Crippen molar-refractivity contribution in [2.24, 2.45) is 5.41 Å². The van der Waals surface area contributed by atoms with Crippen molar-refractivity contribution >= 4 is 0 Å². The minimum Gasteiger partial charge on any atom is -0.305 e. The van der Waals surface area contributed by atoms with Gasteiger partial charge in [-0.3, -0.25) is 0 Å². The summed E-state index contributed by atoms with van der Waals surface area (Å²) in [6.45, 7) is 4.88. The van der Waals surface area contributed by atoms with Crippen LogP contribution in [-0.4, -0.2) is 38.1 Å². The third-order valence-electron chi connectivity index (χ3n) is 2.81. The molecule has 0 aromatic heterocycles. The Kier molecular flexibility index (Phi) is 1.46. The molecular formula is C8H15N2. The Bertz CT molecular complexity index is 112. The molecule has 2 saturated heterocycles. The Morgan fingerprint density at radius 2 is 1.80 bits per heavy atom. The van der Waals surface area contributed by atoms with E-state index in [0.29, 0.717) is 5.41 Å². The van der Waals surface area contributed by atoms with E-state index in [-0.39, 0.29) is 0 Å². The Morgan fingerprint density at radius 1 is 1.20 bits per heavy atom. The molecular weight excluding hydrogens is 124 g/mol. The first kappa shape index (κ1) is 6.62. The Morgan fingerprint density at radius 3 is 2.30 bits per heavy atom. The van der Waals surface area contributed by atoms with E-state index in [1.54, 1.807) is 0 Å². The standard InChI is InChI=1S/C8H15N2/c1-10-6-8(7-10)2-4-9-5-3-8/h2-7H2,1H3. The van der Waals surface area contributed by atoms with E-state index in [0.717, 1.165) is 13.1 Å². The maximum absolute atomic E-state index is 4.36. The van der Waals surface area contributed by atoms with Crippen molar-refractivity contribution in [3.8, 4) is 0 Å². The smallest absolute Gasteiger partial charge is 0.0139 e. The van der Waals surface area contributed by atoms with Crippen LogP contribution in [0.25, 0.3) is 0 Å². The summed E-state index contributed by atoms with van der Waals surface area (Å²) in [6, 6.07) is 0. The zero-order chi connectivity index (χ0) is 7.03. The van der Waals surface area contributed by atoms with Gasteiger partial charge in [0, 0.05) is 26.2 Å². The van der Waals surface area contributed by atoms with Gasteiger partial charge in [-0.15, -0.1) is 0 Å². The predicted octanol–water partition coefficient (Wildman–Crippen LogP) is 0.316. The van der Waals surface area contributed by atoms with Crippen molar-refractivity contribution in [2.75, 3.05) is 33.2 Å². The van der Waals surface area contributed by atoms with Crippen molar-refractivity contribution < 1.29 is 0 Å². The third kappa shape index (κ3) is 0.956. The van der Waals surface area contributed by atoms with E-state index in [4.69, 9.17) is 0 Å². The summed E-state index contributed by atoms with van der Waals surface area (Å²) >= 11 is 0. The molecule has 0 unspecified atom stereocenters. The molecule has 0 N–H and O–H groups in total. The summed E-state index contributed by atoms with van der Waals surface area (Å²) in [4.78, 5) is 2.41. The summed E-state index contributed by atoms with van der Waals surface area (Å²) in [5, 5.41) is 4.36. The maximum Gasteiger partial charge on any atom is 0.0139 e. The first-order valence-corrected chi connectivity index (χ1v) is 4.13. The minimum absolute atomic E-state index is 0.705. The van der Waals surface area contributed by atoms with Crippen LogP contribution in [-0.2, 0) is 0 Å². The molecule has 1 spiro atoms. The topological polar surface area (TPSA) is 17.3 Å². The fourth-order valence-electron chi connectivity index (χ4n) is 2.28. The van der Waals surface area contributed by atoms with E-state index in [2.05, 4.69) is 17.3 Å². The highest BCUT2D eigenvalue weighted by Gasteiger charge is 2.41. The van der Waals surface area contributed by atoms with Gasteiger partial charge in [-0.25, -0.2) is 5.32 Å². The van der Waals surface area contributed by atoms with Crippen LogP contribution in [0, 0.1) is 5.41 Å². The molecule has 2 aliphatic rings.